The molecule has 0 bridgehead atoms. The van der Waals surface area contributed by atoms with Crippen molar-refractivity contribution in [3.63, 3.8) is 0 Å². The molecule has 1 atom stereocenters. The van der Waals surface area contributed by atoms with Gasteiger partial charge < -0.3 is 10.1 Å². The van der Waals surface area contributed by atoms with Crippen LogP contribution in [0.3, 0.4) is 0 Å². The summed E-state index contributed by atoms with van der Waals surface area (Å²) >= 11 is 0. The largest absolute Gasteiger partial charge is 0.497 e. The molecule has 0 radical (unpaired) electrons. The molecule has 4 heteroatoms. The second kappa shape index (κ2) is 12.0. The van der Waals surface area contributed by atoms with E-state index in [4.69, 9.17) is 4.74 Å². The smallest absolute Gasteiger partial charge is 0.244 e. The van der Waals surface area contributed by atoms with Crippen LogP contribution in [-0.2, 0) is 17.6 Å². The fourth-order valence-corrected chi connectivity index (χ4v) is 3.98. The van der Waals surface area contributed by atoms with Crippen LogP contribution in [-0.4, -0.2) is 24.0 Å². The van der Waals surface area contributed by atoms with Crippen molar-refractivity contribution in [1.29, 1.82) is 0 Å². The van der Waals surface area contributed by atoms with E-state index in [0.717, 1.165) is 49.8 Å². The summed E-state index contributed by atoms with van der Waals surface area (Å²) in [6.45, 7) is 4.26. The topological polar surface area (TPSA) is 51.2 Å². The molecule has 1 heterocycles. The molecule has 0 unspecified atom stereocenters. The Morgan fingerprint density at radius 2 is 2.00 bits per heavy atom. The third-order valence-electron chi connectivity index (χ3n) is 5.79. The standard InChI is InChI=1S/C28H34N2O2/c1-4-5-11-26-23(12-13-24-14-16-25(32-3)19-27(24)26)15-17-28(31)30-21(2)8-6-9-22-10-7-18-29-20-22/h7,10,12-21H,4-6,8-9,11H2,1-3H3,(H,30,31)/b17-15+/t21-/m1/s1. The summed E-state index contributed by atoms with van der Waals surface area (Å²) < 4.78 is 5.44. The Kier molecular flexibility index (Phi) is 8.85. The number of fused-ring (bicyclic) bond motifs is 1. The number of rotatable bonds is 11. The number of unbranched alkanes of at least 4 members (excludes halogenated alkanes) is 1. The maximum atomic E-state index is 12.5. The number of nitrogens with zero attached hydrogens (tertiary/aromatic N) is 1. The van der Waals surface area contributed by atoms with Gasteiger partial charge in [0.05, 0.1) is 7.11 Å². The molecule has 2 aromatic carbocycles. The Bertz CT molecular complexity index is 1040. The van der Waals surface area contributed by atoms with Crippen LogP contribution in [0.15, 0.2) is 60.9 Å². The molecule has 0 aliphatic heterocycles. The minimum atomic E-state index is -0.0499. The first-order valence-electron chi connectivity index (χ1n) is 11.6. The zero-order chi connectivity index (χ0) is 22.8. The molecule has 0 aliphatic rings. The van der Waals surface area contributed by atoms with Crippen LogP contribution in [0.5, 0.6) is 5.75 Å². The number of nitrogens with one attached hydrogen (secondary N) is 1. The molecule has 3 aromatic rings. The van der Waals surface area contributed by atoms with E-state index in [1.807, 2.05) is 24.4 Å². The highest BCUT2D eigenvalue weighted by molar-refractivity contribution is 5.94. The Morgan fingerprint density at radius 3 is 2.75 bits per heavy atom. The number of aryl methyl sites for hydroxylation is 2. The molecule has 4 nitrogen and oxygen atoms in total. The number of hydrogen-bond acceptors (Lipinski definition) is 3. The molecule has 0 aliphatic carbocycles. The normalized spacial score (nSPS) is 12.2. The molecule has 1 aromatic heterocycles. The van der Waals surface area contributed by atoms with Crippen molar-refractivity contribution in [2.75, 3.05) is 7.11 Å². The lowest BCUT2D eigenvalue weighted by molar-refractivity contribution is -0.117. The van der Waals surface area contributed by atoms with Crippen LogP contribution in [0.4, 0.5) is 0 Å². The van der Waals surface area contributed by atoms with Crippen molar-refractivity contribution in [2.24, 2.45) is 0 Å². The van der Waals surface area contributed by atoms with Crippen LogP contribution in [0.1, 0.15) is 56.2 Å². The van der Waals surface area contributed by atoms with Gasteiger partial charge in [-0.15, -0.1) is 0 Å². The summed E-state index contributed by atoms with van der Waals surface area (Å²) in [7, 11) is 1.69. The number of aromatic nitrogens is 1. The summed E-state index contributed by atoms with van der Waals surface area (Å²) in [6, 6.07) is 14.6. The lowest BCUT2D eigenvalue weighted by Gasteiger charge is -2.13. The molecule has 0 saturated heterocycles. The average Bonchev–Trinajstić information content (AvgIpc) is 2.81. The predicted molar refractivity (Wildman–Crippen MR) is 133 cm³/mol. The molecule has 3 rings (SSSR count). The van der Waals surface area contributed by atoms with Gasteiger partial charge in [0.1, 0.15) is 5.75 Å². The van der Waals surface area contributed by atoms with E-state index >= 15 is 0 Å². The minimum absolute atomic E-state index is 0.0499. The first-order chi connectivity index (χ1) is 15.6. The zero-order valence-electron chi connectivity index (χ0n) is 19.4. The average molecular weight is 431 g/mol. The first kappa shape index (κ1) is 23.5. The van der Waals surface area contributed by atoms with Crippen molar-refractivity contribution >= 4 is 22.8 Å². The van der Waals surface area contributed by atoms with Gasteiger partial charge in [-0.05, 0) is 90.8 Å². The van der Waals surface area contributed by atoms with Gasteiger partial charge >= 0.3 is 0 Å². The number of hydrogen-bond donors (Lipinski definition) is 1. The number of benzene rings is 2. The minimum Gasteiger partial charge on any atom is -0.497 e. The molecule has 1 N–H and O–H groups in total. The van der Waals surface area contributed by atoms with E-state index < -0.39 is 0 Å². The van der Waals surface area contributed by atoms with Gasteiger partial charge in [-0.2, -0.15) is 0 Å². The Labute approximate surface area is 191 Å². The van der Waals surface area contributed by atoms with Crippen LogP contribution in [0, 0.1) is 0 Å². The maximum absolute atomic E-state index is 12.5. The van der Waals surface area contributed by atoms with Crippen molar-refractivity contribution in [3.8, 4) is 5.75 Å². The van der Waals surface area contributed by atoms with Gasteiger partial charge in [-0.25, -0.2) is 0 Å². The molecule has 168 valence electrons. The number of carbonyl (C=O) groups is 1. The fraction of sp³-hybridized carbons (Fsp3) is 0.357. The Balaban J connectivity index is 1.64. The van der Waals surface area contributed by atoms with Gasteiger partial charge in [0.2, 0.25) is 5.91 Å². The number of methoxy groups -OCH3 is 1. The first-order valence-corrected chi connectivity index (χ1v) is 11.6. The quantitative estimate of drug-likeness (QED) is 0.373. The Hall–Kier alpha value is -3.14. The van der Waals surface area contributed by atoms with E-state index in [-0.39, 0.29) is 11.9 Å². The lowest BCUT2D eigenvalue weighted by atomic mass is 9.94. The number of carbonyl (C=O) groups excluding carboxylic acids is 1. The zero-order valence-corrected chi connectivity index (χ0v) is 19.4. The number of pyridine rings is 1. The van der Waals surface area contributed by atoms with E-state index in [9.17, 15) is 4.79 Å². The Morgan fingerprint density at radius 1 is 1.16 bits per heavy atom. The number of ether oxygens (including phenoxy) is 1. The summed E-state index contributed by atoms with van der Waals surface area (Å²) in [5.41, 5.74) is 3.61. The van der Waals surface area contributed by atoms with Crippen molar-refractivity contribution in [3.05, 3.63) is 77.6 Å². The van der Waals surface area contributed by atoms with Gasteiger partial charge in [-0.3, -0.25) is 9.78 Å². The summed E-state index contributed by atoms with van der Waals surface area (Å²) in [6.07, 6.45) is 13.4. The van der Waals surface area contributed by atoms with E-state index in [2.05, 4.69) is 54.5 Å². The van der Waals surface area contributed by atoms with Gasteiger partial charge in [0, 0.05) is 24.5 Å². The van der Waals surface area contributed by atoms with Crippen LogP contribution < -0.4 is 10.1 Å². The summed E-state index contributed by atoms with van der Waals surface area (Å²) in [5, 5.41) is 5.49. The number of amides is 1. The summed E-state index contributed by atoms with van der Waals surface area (Å²) in [4.78, 5) is 16.7. The highest BCUT2D eigenvalue weighted by atomic mass is 16.5. The van der Waals surface area contributed by atoms with Gasteiger partial charge in [0.15, 0.2) is 0 Å². The molecule has 0 saturated carbocycles. The van der Waals surface area contributed by atoms with Crippen LogP contribution in [0.2, 0.25) is 0 Å². The van der Waals surface area contributed by atoms with Gasteiger partial charge in [-0.1, -0.05) is 37.6 Å². The molecule has 1 amide bonds. The van der Waals surface area contributed by atoms with Gasteiger partial charge in [0.25, 0.3) is 0 Å². The highest BCUT2D eigenvalue weighted by Gasteiger charge is 2.09. The monoisotopic (exact) mass is 430 g/mol. The summed E-state index contributed by atoms with van der Waals surface area (Å²) in [5.74, 6) is 0.806. The molecule has 32 heavy (non-hydrogen) atoms. The van der Waals surface area contributed by atoms with E-state index in [1.165, 1.54) is 21.9 Å². The maximum Gasteiger partial charge on any atom is 0.244 e. The molecular formula is C28H34N2O2. The van der Waals surface area contributed by atoms with Crippen LogP contribution in [0.25, 0.3) is 16.8 Å². The van der Waals surface area contributed by atoms with Crippen molar-refractivity contribution in [1.82, 2.24) is 10.3 Å². The van der Waals surface area contributed by atoms with Crippen molar-refractivity contribution < 1.29 is 9.53 Å². The molecule has 0 fully saturated rings. The van der Waals surface area contributed by atoms with Crippen LogP contribution >= 0.6 is 0 Å². The fourth-order valence-electron chi connectivity index (χ4n) is 3.98. The SMILES string of the molecule is CCCCc1c(/C=C/C(=O)N[C@H](C)CCCc2cccnc2)ccc2ccc(OC)cc12. The predicted octanol–water partition coefficient (Wildman–Crippen LogP) is 6.13. The second-order valence-corrected chi connectivity index (χ2v) is 8.32. The molecular weight excluding hydrogens is 396 g/mol. The van der Waals surface area contributed by atoms with E-state index in [0.29, 0.717) is 0 Å². The second-order valence-electron chi connectivity index (χ2n) is 8.32. The third kappa shape index (κ3) is 6.68. The molecule has 0 spiro atoms. The van der Waals surface area contributed by atoms with Crippen molar-refractivity contribution in [2.45, 2.75) is 58.4 Å². The highest BCUT2D eigenvalue weighted by Crippen LogP contribution is 2.28. The lowest BCUT2D eigenvalue weighted by Crippen LogP contribution is -2.31. The third-order valence-corrected chi connectivity index (χ3v) is 5.79. The van der Waals surface area contributed by atoms with E-state index in [1.54, 1.807) is 19.4 Å².